The minimum absolute atomic E-state index is 0.259. The highest BCUT2D eigenvalue weighted by molar-refractivity contribution is 4.72. The molecule has 0 radical (unpaired) electrons. The Balaban J connectivity index is 0.000000561. The topological polar surface area (TPSA) is 32.7 Å². The molecule has 0 amide bonds. The van der Waals surface area contributed by atoms with Crippen LogP contribution in [-0.2, 0) is 4.74 Å². The number of nitrogens with zero attached hydrogens (tertiary/aromatic N) is 1. The number of hydrogen-bond acceptors (Lipinski definition) is 3. The molecule has 1 unspecified atom stereocenters. The van der Waals surface area contributed by atoms with Crippen molar-refractivity contribution in [2.45, 2.75) is 19.1 Å². The second kappa shape index (κ2) is 6.28. The number of likely N-dealkylation sites (tertiary alicyclic amines) is 1. The summed E-state index contributed by atoms with van der Waals surface area (Å²) in [5, 5.41) is 7.00. The Labute approximate surface area is 70.9 Å². The molecule has 0 spiro atoms. The monoisotopic (exact) mass is 183 g/mol. The van der Waals surface area contributed by atoms with Gasteiger partial charge in [-0.3, -0.25) is 0 Å². The van der Waals surface area contributed by atoms with E-state index in [1.54, 1.807) is 0 Å². The summed E-state index contributed by atoms with van der Waals surface area (Å²) in [5.41, 5.74) is 0. The number of hydrogen-bond donors (Lipinski definition) is 1. The van der Waals surface area contributed by atoms with Crippen LogP contribution in [0.3, 0.4) is 0 Å². The molecule has 1 atom stereocenters. The quantitative estimate of drug-likeness (QED) is 0.678. The van der Waals surface area contributed by atoms with E-state index < -0.39 is 6.61 Å². The largest absolute Gasteiger partial charge is 0.400 e. The van der Waals surface area contributed by atoms with Crippen molar-refractivity contribution in [3.8, 4) is 0 Å². The van der Waals surface area contributed by atoms with Gasteiger partial charge in [-0.1, -0.05) is 0 Å². The smallest absolute Gasteiger partial charge is 0.345 e. The van der Waals surface area contributed by atoms with Crippen molar-refractivity contribution in [3.63, 3.8) is 0 Å². The average molecular weight is 183 g/mol. The van der Waals surface area contributed by atoms with Gasteiger partial charge in [0.1, 0.15) is 0 Å². The molecular formula is C7H15F2NO2. The van der Waals surface area contributed by atoms with Crippen molar-refractivity contribution < 1.29 is 18.6 Å². The lowest BCUT2D eigenvalue weighted by Crippen LogP contribution is -2.20. The van der Waals surface area contributed by atoms with Crippen molar-refractivity contribution in [2.24, 2.45) is 0 Å². The summed E-state index contributed by atoms with van der Waals surface area (Å²) in [4.78, 5) is 1.98. The summed E-state index contributed by atoms with van der Waals surface area (Å²) < 4.78 is 27.5. The number of halogens is 2. The van der Waals surface area contributed by atoms with Gasteiger partial charge >= 0.3 is 6.61 Å². The molecule has 1 heterocycles. The van der Waals surface area contributed by atoms with Crippen LogP contribution in [0.15, 0.2) is 0 Å². The maximum Gasteiger partial charge on any atom is 0.345 e. The molecule has 0 aromatic rings. The van der Waals surface area contributed by atoms with Crippen LogP contribution in [-0.4, -0.2) is 50.0 Å². The predicted molar refractivity (Wildman–Crippen MR) is 41.1 cm³/mol. The minimum atomic E-state index is -2.61. The molecule has 0 bridgehead atoms. The maximum atomic E-state index is 11.6. The summed E-state index contributed by atoms with van der Waals surface area (Å²) >= 11 is 0. The van der Waals surface area contributed by atoms with Crippen LogP contribution >= 0.6 is 0 Å². The maximum absolute atomic E-state index is 11.6. The van der Waals surface area contributed by atoms with Gasteiger partial charge in [0, 0.05) is 20.2 Å². The molecule has 1 fully saturated rings. The molecule has 5 heteroatoms. The molecule has 12 heavy (non-hydrogen) atoms. The molecule has 74 valence electrons. The van der Waals surface area contributed by atoms with Gasteiger partial charge in [-0.15, -0.1) is 0 Å². The van der Waals surface area contributed by atoms with Crippen LogP contribution in [0.5, 0.6) is 0 Å². The number of ether oxygens (including phenoxy) is 1. The van der Waals surface area contributed by atoms with E-state index in [2.05, 4.69) is 4.74 Å². The van der Waals surface area contributed by atoms with E-state index in [-0.39, 0.29) is 6.10 Å². The van der Waals surface area contributed by atoms with Gasteiger partial charge in [-0.2, -0.15) is 8.78 Å². The first-order valence-corrected chi connectivity index (χ1v) is 3.75. The second-order valence-electron chi connectivity index (χ2n) is 2.57. The number of likely N-dealkylation sites (N-methyl/N-ethyl adjacent to an activating group) is 1. The number of rotatable bonds is 2. The van der Waals surface area contributed by atoms with Crippen LogP contribution in [0.2, 0.25) is 0 Å². The fourth-order valence-electron chi connectivity index (χ4n) is 1.15. The first kappa shape index (κ1) is 11.7. The Morgan fingerprint density at radius 1 is 1.50 bits per heavy atom. The van der Waals surface area contributed by atoms with E-state index in [9.17, 15) is 8.78 Å². The van der Waals surface area contributed by atoms with E-state index in [1.807, 2.05) is 11.9 Å². The summed E-state index contributed by atoms with van der Waals surface area (Å²) in [6.07, 6.45) is 0.464. The van der Waals surface area contributed by atoms with E-state index in [1.165, 1.54) is 0 Å². The van der Waals surface area contributed by atoms with Gasteiger partial charge < -0.3 is 14.7 Å². The Bertz CT molecular complexity index is 114. The third kappa shape index (κ3) is 4.58. The van der Waals surface area contributed by atoms with Gasteiger partial charge in [0.2, 0.25) is 0 Å². The molecule has 1 rings (SSSR count). The molecule has 0 aromatic carbocycles. The van der Waals surface area contributed by atoms with Crippen molar-refractivity contribution in [1.29, 1.82) is 0 Å². The summed E-state index contributed by atoms with van der Waals surface area (Å²) in [5.74, 6) is 0. The predicted octanol–water partition coefficient (Wildman–Crippen LogP) is 0.538. The van der Waals surface area contributed by atoms with E-state index in [0.29, 0.717) is 6.54 Å². The Kier molecular flexibility index (Phi) is 6.14. The average Bonchev–Trinajstić information content (AvgIpc) is 2.39. The van der Waals surface area contributed by atoms with E-state index >= 15 is 0 Å². The molecule has 1 aliphatic heterocycles. The number of alkyl halides is 2. The fourth-order valence-corrected chi connectivity index (χ4v) is 1.15. The zero-order chi connectivity index (χ0) is 9.56. The van der Waals surface area contributed by atoms with Gasteiger partial charge in [0.05, 0.1) is 6.10 Å². The lowest BCUT2D eigenvalue weighted by Gasteiger charge is -2.09. The normalized spacial score (nSPS) is 24.0. The SMILES string of the molecule is CN1CCC(OC(F)F)C1.CO. The summed E-state index contributed by atoms with van der Waals surface area (Å²) in [6.45, 7) is -1.13. The van der Waals surface area contributed by atoms with Crippen LogP contribution in [0, 0.1) is 0 Å². The Morgan fingerprint density at radius 2 is 2.08 bits per heavy atom. The molecule has 0 saturated carbocycles. The summed E-state index contributed by atoms with van der Waals surface area (Å²) in [7, 11) is 2.90. The molecular weight excluding hydrogens is 168 g/mol. The van der Waals surface area contributed by atoms with Crippen molar-refractivity contribution in [1.82, 2.24) is 4.90 Å². The van der Waals surface area contributed by atoms with Crippen molar-refractivity contribution >= 4 is 0 Å². The summed E-state index contributed by atoms with van der Waals surface area (Å²) in [6, 6.07) is 0. The minimum Gasteiger partial charge on any atom is -0.400 e. The van der Waals surface area contributed by atoms with Crippen LogP contribution in [0.25, 0.3) is 0 Å². The highest BCUT2D eigenvalue weighted by Crippen LogP contribution is 2.13. The molecule has 0 aromatic heterocycles. The van der Waals surface area contributed by atoms with Gasteiger partial charge in [-0.05, 0) is 13.5 Å². The highest BCUT2D eigenvalue weighted by atomic mass is 19.3. The lowest BCUT2D eigenvalue weighted by atomic mass is 10.3. The standard InChI is InChI=1S/C6H11F2NO.CH4O/c1-9-3-2-5(4-9)10-6(7)8;1-2/h5-6H,2-4H2,1H3;2H,1H3. The van der Waals surface area contributed by atoms with Gasteiger partial charge in [0.25, 0.3) is 0 Å². The first-order valence-electron chi connectivity index (χ1n) is 3.75. The van der Waals surface area contributed by atoms with Crippen molar-refractivity contribution in [2.75, 3.05) is 27.2 Å². The number of aliphatic hydroxyl groups is 1. The van der Waals surface area contributed by atoms with E-state index in [0.717, 1.165) is 20.1 Å². The zero-order valence-electron chi connectivity index (χ0n) is 7.33. The van der Waals surface area contributed by atoms with Crippen LogP contribution in [0.4, 0.5) is 8.78 Å². The Hall–Kier alpha value is -0.260. The zero-order valence-corrected chi connectivity index (χ0v) is 7.33. The molecule has 3 nitrogen and oxygen atoms in total. The fraction of sp³-hybridized carbons (Fsp3) is 1.00. The third-order valence-electron chi connectivity index (χ3n) is 1.64. The molecule has 1 saturated heterocycles. The molecule has 0 aliphatic carbocycles. The van der Waals surface area contributed by atoms with E-state index in [4.69, 9.17) is 5.11 Å². The number of aliphatic hydroxyl groups excluding tert-OH is 1. The highest BCUT2D eigenvalue weighted by Gasteiger charge is 2.22. The Morgan fingerprint density at radius 3 is 2.42 bits per heavy atom. The van der Waals surface area contributed by atoms with Crippen LogP contribution in [0.1, 0.15) is 6.42 Å². The third-order valence-corrected chi connectivity index (χ3v) is 1.64. The van der Waals surface area contributed by atoms with Crippen LogP contribution < -0.4 is 0 Å². The van der Waals surface area contributed by atoms with Gasteiger partial charge in [0.15, 0.2) is 0 Å². The van der Waals surface area contributed by atoms with Gasteiger partial charge in [-0.25, -0.2) is 0 Å². The second-order valence-corrected chi connectivity index (χ2v) is 2.57. The molecule has 1 N–H and O–H groups in total. The lowest BCUT2D eigenvalue weighted by molar-refractivity contribution is -0.158. The van der Waals surface area contributed by atoms with Crippen molar-refractivity contribution in [3.05, 3.63) is 0 Å². The first-order chi connectivity index (χ1) is 5.68. The molecule has 1 aliphatic rings.